The molecule has 0 aliphatic heterocycles. The van der Waals surface area contributed by atoms with Crippen LogP contribution >= 0.6 is 0 Å². The van der Waals surface area contributed by atoms with E-state index in [2.05, 4.69) is 13.8 Å². The summed E-state index contributed by atoms with van der Waals surface area (Å²) in [6, 6.07) is 14.5. The zero-order valence-electron chi connectivity index (χ0n) is 20.2. The number of hydrogen-bond acceptors (Lipinski definition) is 4. The molecule has 0 aliphatic rings. The predicted octanol–water partition coefficient (Wildman–Crippen LogP) is 5.66. The molecular weight excluding hydrogens is 414 g/mol. The Morgan fingerprint density at radius 3 is 2.39 bits per heavy atom. The third-order valence-electron chi connectivity index (χ3n) is 5.87. The minimum absolute atomic E-state index is 0.110. The fraction of sp³-hybridized carbons (Fsp3) is 0.444. The van der Waals surface area contributed by atoms with Crippen molar-refractivity contribution in [1.82, 2.24) is 14.5 Å². The van der Waals surface area contributed by atoms with Gasteiger partial charge in [-0.25, -0.2) is 4.98 Å². The number of para-hydroxylation sites is 1. The van der Waals surface area contributed by atoms with Crippen LogP contribution in [0.1, 0.15) is 71.7 Å². The fourth-order valence-electron chi connectivity index (χ4n) is 4.01. The molecule has 6 nitrogen and oxygen atoms in total. The molecule has 0 saturated heterocycles. The monoisotopic (exact) mass is 449 g/mol. The number of benzene rings is 2. The van der Waals surface area contributed by atoms with Crippen molar-refractivity contribution in [3.05, 3.63) is 64.7 Å². The summed E-state index contributed by atoms with van der Waals surface area (Å²) in [4.78, 5) is 33.6. The Hall–Kier alpha value is -3.15. The Balaban J connectivity index is 2.15. The van der Waals surface area contributed by atoms with Gasteiger partial charge < -0.3 is 9.64 Å². The van der Waals surface area contributed by atoms with E-state index < -0.39 is 0 Å². The molecule has 1 heterocycles. The van der Waals surface area contributed by atoms with Crippen LogP contribution in [0.5, 0.6) is 5.75 Å². The maximum absolute atomic E-state index is 13.6. The Morgan fingerprint density at radius 2 is 1.73 bits per heavy atom. The molecular formula is C27H35N3O3. The highest BCUT2D eigenvalue weighted by atomic mass is 16.5. The first kappa shape index (κ1) is 24.5. The molecule has 0 spiro atoms. The number of fused-ring (bicyclic) bond motifs is 1. The molecule has 2 aromatic carbocycles. The van der Waals surface area contributed by atoms with Crippen LogP contribution in [0.25, 0.3) is 16.6 Å². The summed E-state index contributed by atoms with van der Waals surface area (Å²) in [5.74, 6) is 1.43. The van der Waals surface area contributed by atoms with Gasteiger partial charge in [-0.3, -0.25) is 14.2 Å². The SMILES string of the molecule is CCCCC(=O)N(CCCC)C(C)c1nc2ccccc2c(=O)n1-c1ccc(OCC)cc1. The molecule has 176 valence electrons. The second kappa shape index (κ2) is 11.6. The van der Waals surface area contributed by atoms with Gasteiger partial charge in [0.05, 0.1) is 29.2 Å². The Labute approximate surface area is 196 Å². The normalized spacial score (nSPS) is 12.0. The molecule has 0 radical (unpaired) electrons. The number of amides is 1. The van der Waals surface area contributed by atoms with E-state index in [1.807, 2.05) is 61.2 Å². The number of nitrogens with zero attached hydrogens (tertiary/aromatic N) is 3. The fourth-order valence-corrected chi connectivity index (χ4v) is 4.01. The average molecular weight is 450 g/mol. The minimum atomic E-state index is -0.343. The lowest BCUT2D eigenvalue weighted by atomic mass is 10.1. The number of aromatic nitrogens is 2. The first-order valence-corrected chi connectivity index (χ1v) is 12.1. The highest BCUT2D eigenvalue weighted by Gasteiger charge is 2.26. The van der Waals surface area contributed by atoms with Crippen molar-refractivity contribution < 1.29 is 9.53 Å². The van der Waals surface area contributed by atoms with Crippen molar-refractivity contribution in [2.75, 3.05) is 13.2 Å². The van der Waals surface area contributed by atoms with Gasteiger partial charge in [0.2, 0.25) is 5.91 Å². The van der Waals surface area contributed by atoms with Gasteiger partial charge in [-0.05, 0) is 63.1 Å². The molecule has 33 heavy (non-hydrogen) atoms. The van der Waals surface area contributed by atoms with E-state index >= 15 is 0 Å². The van der Waals surface area contributed by atoms with E-state index in [-0.39, 0.29) is 17.5 Å². The van der Waals surface area contributed by atoms with Crippen LogP contribution in [-0.2, 0) is 4.79 Å². The summed E-state index contributed by atoms with van der Waals surface area (Å²) < 4.78 is 7.22. The van der Waals surface area contributed by atoms with Crippen molar-refractivity contribution in [3.63, 3.8) is 0 Å². The molecule has 1 aromatic heterocycles. The van der Waals surface area contributed by atoms with Crippen LogP contribution in [0.4, 0.5) is 0 Å². The van der Waals surface area contributed by atoms with E-state index in [0.29, 0.717) is 42.0 Å². The zero-order valence-corrected chi connectivity index (χ0v) is 20.2. The van der Waals surface area contributed by atoms with Gasteiger partial charge in [-0.15, -0.1) is 0 Å². The number of carbonyl (C=O) groups is 1. The van der Waals surface area contributed by atoms with Gasteiger partial charge in [-0.2, -0.15) is 0 Å². The van der Waals surface area contributed by atoms with E-state index in [1.165, 1.54) is 0 Å². The number of unbranched alkanes of at least 4 members (excludes halogenated alkanes) is 2. The molecule has 3 aromatic rings. The quantitative estimate of drug-likeness (QED) is 0.379. The maximum Gasteiger partial charge on any atom is 0.266 e. The minimum Gasteiger partial charge on any atom is -0.494 e. The van der Waals surface area contributed by atoms with Gasteiger partial charge in [-0.1, -0.05) is 38.8 Å². The Bertz CT molecular complexity index is 1120. The molecule has 6 heteroatoms. The lowest BCUT2D eigenvalue weighted by molar-refractivity contribution is -0.133. The standard InChI is InChI=1S/C27H35N3O3/c1-5-8-14-25(31)29(19-9-6-2)20(4)26-28-24-13-11-10-12-23(24)27(32)30(26)21-15-17-22(18-16-21)33-7-3/h10-13,15-18,20H,5-9,14,19H2,1-4H3. The second-order valence-corrected chi connectivity index (χ2v) is 8.27. The van der Waals surface area contributed by atoms with Gasteiger partial charge >= 0.3 is 0 Å². The van der Waals surface area contributed by atoms with Crippen molar-refractivity contribution in [2.45, 2.75) is 65.8 Å². The molecule has 0 fully saturated rings. The number of carbonyl (C=O) groups excluding carboxylic acids is 1. The third kappa shape index (κ3) is 5.62. The van der Waals surface area contributed by atoms with Crippen LogP contribution in [0.2, 0.25) is 0 Å². The van der Waals surface area contributed by atoms with Crippen LogP contribution in [0.3, 0.4) is 0 Å². The summed E-state index contributed by atoms with van der Waals surface area (Å²) >= 11 is 0. The van der Waals surface area contributed by atoms with Gasteiger partial charge in [0.1, 0.15) is 11.6 Å². The molecule has 1 amide bonds. The van der Waals surface area contributed by atoms with Gasteiger partial charge in [0.25, 0.3) is 5.56 Å². The van der Waals surface area contributed by atoms with E-state index in [1.54, 1.807) is 10.6 Å². The maximum atomic E-state index is 13.6. The van der Waals surface area contributed by atoms with E-state index in [9.17, 15) is 9.59 Å². The van der Waals surface area contributed by atoms with E-state index in [4.69, 9.17) is 9.72 Å². The zero-order chi connectivity index (χ0) is 23.8. The third-order valence-corrected chi connectivity index (χ3v) is 5.87. The Kier molecular flexibility index (Phi) is 8.64. The predicted molar refractivity (Wildman–Crippen MR) is 133 cm³/mol. The number of hydrogen-bond donors (Lipinski definition) is 0. The summed E-state index contributed by atoms with van der Waals surface area (Å²) in [5, 5.41) is 0.555. The lowest BCUT2D eigenvalue weighted by Gasteiger charge is -2.30. The highest BCUT2D eigenvalue weighted by Crippen LogP contribution is 2.25. The highest BCUT2D eigenvalue weighted by molar-refractivity contribution is 5.79. The van der Waals surface area contributed by atoms with Crippen molar-refractivity contribution in [3.8, 4) is 11.4 Å². The van der Waals surface area contributed by atoms with Crippen LogP contribution in [0.15, 0.2) is 53.3 Å². The van der Waals surface area contributed by atoms with Crippen LogP contribution in [0, 0.1) is 0 Å². The first-order valence-electron chi connectivity index (χ1n) is 12.1. The van der Waals surface area contributed by atoms with Crippen molar-refractivity contribution >= 4 is 16.8 Å². The topological polar surface area (TPSA) is 64.4 Å². The van der Waals surface area contributed by atoms with Crippen LogP contribution < -0.4 is 10.3 Å². The Morgan fingerprint density at radius 1 is 1.03 bits per heavy atom. The second-order valence-electron chi connectivity index (χ2n) is 8.27. The molecule has 3 rings (SSSR count). The molecule has 0 saturated carbocycles. The summed E-state index contributed by atoms with van der Waals surface area (Å²) in [6.07, 6.45) is 4.22. The largest absolute Gasteiger partial charge is 0.494 e. The van der Waals surface area contributed by atoms with E-state index in [0.717, 1.165) is 31.4 Å². The lowest BCUT2D eigenvalue weighted by Crippen LogP contribution is -2.38. The molecule has 0 N–H and O–H groups in total. The molecule has 1 atom stereocenters. The number of ether oxygens (including phenoxy) is 1. The average Bonchev–Trinajstić information content (AvgIpc) is 2.83. The molecule has 0 aliphatic carbocycles. The summed E-state index contributed by atoms with van der Waals surface area (Å²) in [5.41, 5.74) is 1.21. The first-order chi connectivity index (χ1) is 16.0. The van der Waals surface area contributed by atoms with Crippen molar-refractivity contribution in [1.29, 1.82) is 0 Å². The molecule has 1 unspecified atom stereocenters. The van der Waals surface area contributed by atoms with Gasteiger partial charge in [0, 0.05) is 13.0 Å². The summed E-state index contributed by atoms with van der Waals surface area (Å²) in [6.45, 7) is 9.33. The molecule has 0 bridgehead atoms. The van der Waals surface area contributed by atoms with Gasteiger partial charge in [0.15, 0.2) is 0 Å². The van der Waals surface area contributed by atoms with Crippen LogP contribution in [-0.4, -0.2) is 33.5 Å². The number of rotatable bonds is 11. The smallest absolute Gasteiger partial charge is 0.266 e. The van der Waals surface area contributed by atoms with Crippen molar-refractivity contribution in [2.24, 2.45) is 0 Å². The summed E-state index contributed by atoms with van der Waals surface area (Å²) in [7, 11) is 0.